The molecule has 0 bridgehead atoms. The van der Waals surface area contributed by atoms with Gasteiger partial charge in [0.05, 0.1) is 35.6 Å². The van der Waals surface area contributed by atoms with Gasteiger partial charge in [0.15, 0.2) is 0 Å². The zero-order valence-corrected chi connectivity index (χ0v) is 14.0. The second-order valence-electron chi connectivity index (χ2n) is 6.23. The molecule has 1 atom stereocenters. The average molecular weight is 327 g/mol. The van der Waals surface area contributed by atoms with E-state index in [1.807, 2.05) is 31.6 Å². The van der Waals surface area contributed by atoms with Crippen LogP contribution in [0.1, 0.15) is 36.2 Å². The van der Waals surface area contributed by atoms with E-state index in [1.54, 1.807) is 10.9 Å². The van der Waals surface area contributed by atoms with Crippen molar-refractivity contribution in [3.8, 4) is 17.9 Å². The normalized spacial score (nSPS) is 16.8. The minimum absolute atomic E-state index is 0.135. The number of allylic oxidation sites excluding steroid dienone is 2. The summed E-state index contributed by atoms with van der Waals surface area (Å²) in [6.07, 6.45) is 10.3. The molecule has 1 unspecified atom stereocenters. The van der Waals surface area contributed by atoms with Gasteiger partial charge < -0.3 is 0 Å². The first-order chi connectivity index (χ1) is 12.2. The van der Waals surface area contributed by atoms with Crippen LogP contribution >= 0.6 is 0 Å². The Morgan fingerprint density at radius 3 is 2.88 bits per heavy atom. The van der Waals surface area contributed by atoms with Crippen molar-refractivity contribution in [2.45, 2.75) is 19.3 Å². The fraction of sp³-hybridized carbons (Fsp3) is 0.250. The third-order valence-electron chi connectivity index (χ3n) is 4.49. The number of pyridine rings is 1. The topological polar surface area (TPSA) is 58.9 Å². The van der Waals surface area contributed by atoms with Crippen LogP contribution in [0.25, 0.3) is 11.2 Å². The molecule has 4 rings (SSSR count). The summed E-state index contributed by atoms with van der Waals surface area (Å²) in [7, 11) is 1.88. The molecule has 5 heteroatoms. The van der Waals surface area contributed by atoms with E-state index in [4.69, 9.17) is 5.26 Å². The summed E-state index contributed by atoms with van der Waals surface area (Å²) in [6, 6.07) is 8.47. The largest absolute Gasteiger partial charge is 0.286 e. The molecule has 0 amide bonds. The quantitative estimate of drug-likeness (QED) is 0.645. The Kier molecular flexibility index (Phi) is 3.84. The second kappa shape index (κ2) is 6.30. The predicted molar refractivity (Wildman–Crippen MR) is 95.3 cm³/mol. The maximum atomic E-state index is 9.09. The van der Waals surface area contributed by atoms with Gasteiger partial charge in [0.2, 0.25) is 0 Å². The van der Waals surface area contributed by atoms with Crippen LogP contribution in [0.4, 0.5) is 0 Å². The van der Waals surface area contributed by atoms with Gasteiger partial charge in [-0.3, -0.25) is 9.08 Å². The number of rotatable bonds is 1. The highest BCUT2D eigenvalue weighted by molar-refractivity contribution is 5.67. The molecule has 5 nitrogen and oxygen atoms in total. The number of fused-ring (bicyclic) bond motifs is 1. The lowest BCUT2D eigenvalue weighted by molar-refractivity contribution is 0.603. The average Bonchev–Trinajstić information content (AvgIpc) is 3.26. The number of hydrogen-bond donors (Lipinski definition) is 0. The Morgan fingerprint density at radius 2 is 2.16 bits per heavy atom. The summed E-state index contributed by atoms with van der Waals surface area (Å²) in [4.78, 5) is 4.48. The maximum absolute atomic E-state index is 9.09. The van der Waals surface area contributed by atoms with Gasteiger partial charge >= 0.3 is 0 Å². The van der Waals surface area contributed by atoms with Crippen LogP contribution in [0.5, 0.6) is 0 Å². The summed E-state index contributed by atoms with van der Waals surface area (Å²) in [5.74, 6) is 6.50. The first-order valence-electron chi connectivity index (χ1n) is 8.31. The van der Waals surface area contributed by atoms with Crippen molar-refractivity contribution in [3.05, 3.63) is 59.8 Å². The van der Waals surface area contributed by atoms with Crippen molar-refractivity contribution >= 4 is 11.2 Å². The molecule has 0 N–H and O–H groups in total. The van der Waals surface area contributed by atoms with Crippen LogP contribution in [0, 0.1) is 29.1 Å². The maximum Gasteiger partial charge on any atom is 0.138 e. The number of aromatic nitrogens is 4. The van der Waals surface area contributed by atoms with E-state index in [1.165, 1.54) is 5.57 Å². The Labute approximate surface area is 146 Å². The fourth-order valence-corrected chi connectivity index (χ4v) is 3.18. The number of nitrogens with zero attached hydrogens (tertiary/aromatic N) is 5. The Hall–Kier alpha value is -3.31. The van der Waals surface area contributed by atoms with Crippen molar-refractivity contribution in [1.29, 1.82) is 5.26 Å². The summed E-state index contributed by atoms with van der Waals surface area (Å²) < 4.78 is 3.84. The molecule has 0 spiro atoms. The monoisotopic (exact) mass is 327 g/mol. The van der Waals surface area contributed by atoms with Gasteiger partial charge in [-0.05, 0) is 42.9 Å². The molecule has 0 aliphatic heterocycles. The lowest BCUT2D eigenvalue weighted by Crippen LogP contribution is -2.06. The minimum atomic E-state index is 0.135. The Morgan fingerprint density at radius 1 is 1.24 bits per heavy atom. The third-order valence-corrected chi connectivity index (χ3v) is 4.49. The van der Waals surface area contributed by atoms with Gasteiger partial charge in [-0.15, -0.1) is 0 Å². The standard InChI is InChI=1S/C20H17N5/c1-24-14-16(12-23-24)7-10-18-13-22-20-4-2-3-19(25(18)20)17-8-5-15(11-21)6-9-17/h2-4,8,12-15H,5-6,9H2,1H3. The van der Waals surface area contributed by atoms with E-state index in [9.17, 15) is 0 Å². The minimum Gasteiger partial charge on any atom is -0.286 e. The smallest absolute Gasteiger partial charge is 0.138 e. The zero-order valence-electron chi connectivity index (χ0n) is 14.0. The molecular weight excluding hydrogens is 310 g/mol. The molecule has 1 aliphatic carbocycles. The number of aryl methyl sites for hydroxylation is 1. The van der Waals surface area contributed by atoms with Crippen LogP contribution in [0.15, 0.2) is 42.9 Å². The van der Waals surface area contributed by atoms with E-state index in [0.29, 0.717) is 0 Å². The van der Waals surface area contributed by atoms with E-state index >= 15 is 0 Å². The van der Waals surface area contributed by atoms with Crippen molar-refractivity contribution in [2.75, 3.05) is 0 Å². The van der Waals surface area contributed by atoms with Crippen LogP contribution in [0.2, 0.25) is 0 Å². The first-order valence-corrected chi connectivity index (χ1v) is 8.31. The van der Waals surface area contributed by atoms with Crippen molar-refractivity contribution in [3.63, 3.8) is 0 Å². The summed E-state index contributed by atoms with van der Waals surface area (Å²) in [6.45, 7) is 0. The lowest BCUT2D eigenvalue weighted by Gasteiger charge is -2.18. The first kappa shape index (κ1) is 15.2. The van der Waals surface area contributed by atoms with Gasteiger partial charge in [-0.2, -0.15) is 10.4 Å². The molecule has 3 aromatic heterocycles. The Balaban J connectivity index is 1.77. The van der Waals surface area contributed by atoms with Crippen LogP contribution in [-0.2, 0) is 7.05 Å². The Bertz CT molecular complexity index is 1060. The molecule has 3 heterocycles. The van der Waals surface area contributed by atoms with Gasteiger partial charge in [0.25, 0.3) is 0 Å². The summed E-state index contributed by atoms with van der Waals surface area (Å²) >= 11 is 0. The summed E-state index contributed by atoms with van der Waals surface area (Å²) in [5, 5.41) is 13.2. The second-order valence-corrected chi connectivity index (χ2v) is 6.23. The molecule has 0 aromatic carbocycles. The fourth-order valence-electron chi connectivity index (χ4n) is 3.18. The molecular formula is C20H17N5. The van der Waals surface area contributed by atoms with Gasteiger partial charge in [0.1, 0.15) is 11.3 Å². The summed E-state index contributed by atoms with van der Waals surface area (Å²) in [5.41, 5.74) is 5.00. The molecule has 25 heavy (non-hydrogen) atoms. The predicted octanol–water partition coefficient (Wildman–Crippen LogP) is 3.17. The molecule has 1 aliphatic rings. The molecule has 0 saturated heterocycles. The van der Waals surface area contributed by atoms with E-state index in [-0.39, 0.29) is 5.92 Å². The van der Waals surface area contributed by atoms with Gasteiger partial charge in [-0.25, -0.2) is 4.98 Å². The van der Waals surface area contributed by atoms with E-state index in [0.717, 1.165) is 41.9 Å². The van der Waals surface area contributed by atoms with Crippen molar-refractivity contribution in [2.24, 2.45) is 13.0 Å². The third kappa shape index (κ3) is 2.93. The number of nitriles is 1. The van der Waals surface area contributed by atoms with Crippen LogP contribution in [0.3, 0.4) is 0 Å². The number of hydrogen-bond acceptors (Lipinski definition) is 3. The highest BCUT2D eigenvalue weighted by Gasteiger charge is 2.17. The SMILES string of the molecule is Cn1cc(C#Cc2cnc3cccc(C4=CCC(C#N)CC4)n23)cn1. The molecule has 3 aromatic rings. The molecule has 0 saturated carbocycles. The lowest BCUT2D eigenvalue weighted by atomic mass is 9.89. The molecule has 0 fully saturated rings. The van der Waals surface area contributed by atoms with Crippen molar-refractivity contribution in [1.82, 2.24) is 19.2 Å². The molecule has 0 radical (unpaired) electrons. The van der Waals surface area contributed by atoms with Crippen LogP contribution < -0.4 is 0 Å². The highest BCUT2D eigenvalue weighted by Crippen LogP contribution is 2.30. The van der Waals surface area contributed by atoms with E-state index in [2.05, 4.69) is 44.5 Å². The van der Waals surface area contributed by atoms with Crippen LogP contribution in [-0.4, -0.2) is 19.2 Å². The van der Waals surface area contributed by atoms with E-state index < -0.39 is 0 Å². The molecule has 122 valence electrons. The zero-order chi connectivity index (χ0) is 17.2. The van der Waals surface area contributed by atoms with Gasteiger partial charge in [-0.1, -0.05) is 18.1 Å². The highest BCUT2D eigenvalue weighted by atomic mass is 15.2. The number of imidazole rings is 1. The van der Waals surface area contributed by atoms with Gasteiger partial charge in [0, 0.05) is 13.2 Å². The van der Waals surface area contributed by atoms with Crippen molar-refractivity contribution < 1.29 is 0 Å².